The highest BCUT2D eigenvalue weighted by molar-refractivity contribution is 7.20. The molecule has 0 saturated heterocycles. The van der Waals surface area contributed by atoms with Crippen LogP contribution in [0.4, 0.5) is 0 Å². The zero-order chi connectivity index (χ0) is 17.4. The molecule has 0 aliphatic carbocycles. The van der Waals surface area contributed by atoms with Crippen LogP contribution in [0.5, 0.6) is 0 Å². The van der Waals surface area contributed by atoms with Crippen molar-refractivity contribution in [1.29, 1.82) is 0 Å². The fraction of sp³-hybridized carbons (Fsp3) is 0.167. The Bertz CT molecular complexity index is 1040. The molecule has 2 heterocycles. The SMILES string of the molecule is Cc1ccc(/C=C/c2nc3sc(C(=O)[O-])c(C)c3c(=O)[nH]2)c(C)c1. The molecule has 2 aromatic heterocycles. The van der Waals surface area contributed by atoms with Crippen molar-refractivity contribution in [3.05, 3.63) is 61.5 Å². The number of hydrogen-bond donors (Lipinski definition) is 1. The van der Waals surface area contributed by atoms with Crippen LogP contribution in [0.1, 0.15) is 37.7 Å². The smallest absolute Gasteiger partial charge is 0.260 e. The predicted octanol–water partition coefficient (Wildman–Crippen LogP) is 2.44. The molecule has 0 fully saturated rings. The van der Waals surface area contributed by atoms with Crippen molar-refractivity contribution >= 4 is 39.7 Å². The van der Waals surface area contributed by atoms with E-state index >= 15 is 0 Å². The van der Waals surface area contributed by atoms with Gasteiger partial charge in [0, 0.05) is 0 Å². The van der Waals surface area contributed by atoms with Gasteiger partial charge in [0.2, 0.25) is 0 Å². The first-order chi connectivity index (χ1) is 11.4. The van der Waals surface area contributed by atoms with Crippen LogP contribution < -0.4 is 10.7 Å². The van der Waals surface area contributed by atoms with Crippen LogP contribution in [0, 0.1) is 20.8 Å². The Labute approximate surface area is 142 Å². The minimum atomic E-state index is -1.29. The van der Waals surface area contributed by atoms with E-state index in [1.165, 1.54) is 5.56 Å². The number of nitrogens with zero attached hydrogens (tertiary/aromatic N) is 1. The summed E-state index contributed by atoms with van der Waals surface area (Å²) in [5, 5.41) is 11.4. The molecule has 0 atom stereocenters. The second kappa shape index (κ2) is 6.05. The van der Waals surface area contributed by atoms with E-state index in [4.69, 9.17) is 0 Å². The number of nitrogens with one attached hydrogen (secondary N) is 1. The largest absolute Gasteiger partial charge is 0.544 e. The second-order valence-corrected chi connectivity index (χ2v) is 6.67. The maximum absolute atomic E-state index is 12.2. The lowest BCUT2D eigenvalue weighted by Gasteiger charge is -2.01. The molecule has 122 valence electrons. The number of carbonyl (C=O) groups excluding carboxylic acids is 1. The Hall–Kier alpha value is -2.73. The molecule has 0 aliphatic heterocycles. The van der Waals surface area contributed by atoms with Crippen LogP contribution in [0.3, 0.4) is 0 Å². The van der Waals surface area contributed by atoms with Gasteiger partial charge in [-0.25, -0.2) is 4.98 Å². The predicted molar refractivity (Wildman–Crippen MR) is 94.2 cm³/mol. The number of thiophene rings is 1. The van der Waals surface area contributed by atoms with Gasteiger partial charge < -0.3 is 14.9 Å². The van der Waals surface area contributed by atoms with Crippen LogP contribution >= 0.6 is 11.3 Å². The summed E-state index contributed by atoms with van der Waals surface area (Å²) in [6.07, 6.45) is 3.59. The topological polar surface area (TPSA) is 85.9 Å². The number of carboxylic acids is 1. The van der Waals surface area contributed by atoms with Crippen molar-refractivity contribution in [1.82, 2.24) is 9.97 Å². The molecule has 0 unspecified atom stereocenters. The molecule has 0 aliphatic rings. The molecular weight excluding hydrogens is 324 g/mol. The maximum atomic E-state index is 12.2. The van der Waals surface area contributed by atoms with Gasteiger partial charge in [-0.3, -0.25) is 4.79 Å². The van der Waals surface area contributed by atoms with Gasteiger partial charge in [0.05, 0.1) is 16.2 Å². The lowest BCUT2D eigenvalue weighted by Crippen LogP contribution is -2.21. The van der Waals surface area contributed by atoms with Crippen molar-refractivity contribution in [2.24, 2.45) is 0 Å². The van der Waals surface area contributed by atoms with Gasteiger partial charge in [-0.2, -0.15) is 0 Å². The molecule has 0 amide bonds. The first-order valence-corrected chi connectivity index (χ1v) is 8.18. The minimum absolute atomic E-state index is 0.0403. The highest BCUT2D eigenvalue weighted by Gasteiger charge is 2.14. The van der Waals surface area contributed by atoms with E-state index in [0.717, 1.165) is 22.5 Å². The number of carbonyl (C=O) groups is 1. The third-order valence-electron chi connectivity index (χ3n) is 3.85. The number of aromatic nitrogens is 2. The number of fused-ring (bicyclic) bond motifs is 1. The monoisotopic (exact) mass is 339 g/mol. The Balaban J connectivity index is 2.06. The summed E-state index contributed by atoms with van der Waals surface area (Å²) < 4.78 is 0. The lowest BCUT2D eigenvalue weighted by atomic mass is 10.1. The van der Waals surface area contributed by atoms with Crippen LogP contribution in [0.2, 0.25) is 0 Å². The van der Waals surface area contributed by atoms with Gasteiger partial charge in [-0.05, 0) is 43.5 Å². The highest BCUT2D eigenvalue weighted by atomic mass is 32.1. The maximum Gasteiger partial charge on any atom is 0.260 e. The standard InChI is InChI=1S/C18H16N2O3S/c1-9-4-5-12(10(2)8-9)6-7-13-19-16(21)14-11(3)15(18(22)23)24-17(14)20-13/h4-8H,1-3H3,(H,22,23)(H,19,20,21)/p-1/b7-6+. The van der Waals surface area contributed by atoms with Gasteiger partial charge in [-0.15, -0.1) is 11.3 Å². The van der Waals surface area contributed by atoms with Crippen molar-refractivity contribution in [3.8, 4) is 0 Å². The highest BCUT2D eigenvalue weighted by Crippen LogP contribution is 2.26. The van der Waals surface area contributed by atoms with E-state index in [1.807, 2.05) is 32.1 Å². The number of rotatable bonds is 3. The van der Waals surface area contributed by atoms with Crippen molar-refractivity contribution in [2.75, 3.05) is 0 Å². The molecule has 6 heteroatoms. The number of aromatic amines is 1. The number of hydrogen-bond acceptors (Lipinski definition) is 5. The zero-order valence-corrected chi connectivity index (χ0v) is 14.3. The van der Waals surface area contributed by atoms with E-state index in [1.54, 1.807) is 13.0 Å². The summed E-state index contributed by atoms with van der Waals surface area (Å²) >= 11 is 0.960. The van der Waals surface area contributed by atoms with Gasteiger partial charge in [-0.1, -0.05) is 29.8 Å². The molecule has 1 aromatic carbocycles. The molecule has 0 spiro atoms. The van der Waals surface area contributed by atoms with Gasteiger partial charge >= 0.3 is 0 Å². The van der Waals surface area contributed by atoms with E-state index in [-0.39, 0.29) is 10.4 Å². The number of benzene rings is 1. The summed E-state index contributed by atoms with van der Waals surface area (Å²) in [6, 6.07) is 6.09. The molecule has 0 bridgehead atoms. The molecule has 3 rings (SSSR count). The quantitative estimate of drug-likeness (QED) is 0.794. The molecule has 5 nitrogen and oxygen atoms in total. The van der Waals surface area contributed by atoms with Crippen LogP contribution in [-0.2, 0) is 0 Å². The Morgan fingerprint density at radius 2 is 2.00 bits per heavy atom. The van der Waals surface area contributed by atoms with Crippen molar-refractivity contribution in [3.63, 3.8) is 0 Å². The van der Waals surface area contributed by atoms with E-state index in [0.29, 0.717) is 21.6 Å². The average molecular weight is 339 g/mol. The minimum Gasteiger partial charge on any atom is -0.544 e. The Kier molecular flexibility index (Phi) is 4.07. The Morgan fingerprint density at radius 1 is 1.25 bits per heavy atom. The fourth-order valence-electron chi connectivity index (χ4n) is 2.62. The number of aromatic carboxylic acids is 1. The molecule has 3 aromatic rings. The molecule has 24 heavy (non-hydrogen) atoms. The Morgan fingerprint density at radius 3 is 2.67 bits per heavy atom. The molecule has 0 radical (unpaired) electrons. The summed E-state index contributed by atoms with van der Waals surface area (Å²) in [4.78, 5) is 30.8. The lowest BCUT2D eigenvalue weighted by molar-refractivity contribution is -0.254. The van der Waals surface area contributed by atoms with Crippen LogP contribution in [0.15, 0.2) is 23.0 Å². The average Bonchev–Trinajstić information content (AvgIpc) is 2.84. The third-order valence-corrected chi connectivity index (χ3v) is 5.02. The molecule has 1 N–H and O–H groups in total. The molecular formula is C18H15N2O3S-. The number of aryl methyl sites for hydroxylation is 3. The van der Waals surface area contributed by atoms with Crippen LogP contribution in [-0.4, -0.2) is 15.9 Å². The van der Waals surface area contributed by atoms with E-state index in [2.05, 4.69) is 16.0 Å². The summed E-state index contributed by atoms with van der Waals surface area (Å²) in [5.41, 5.74) is 3.39. The van der Waals surface area contributed by atoms with E-state index < -0.39 is 5.97 Å². The normalized spacial score (nSPS) is 11.5. The van der Waals surface area contributed by atoms with Gasteiger partial charge in [0.25, 0.3) is 5.56 Å². The first kappa shape index (κ1) is 16.1. The fourth-order valence-corrected chi connectivity index (χ4v) is 3.64. The second-order valence-electron chi connectivity index (χ2n) is 5.67. The number of carboxylic acid groups (broad SMARTS) is 1. The third kappa shape index (κ3) is 2.88. The molecule has 0 saturated carbocycles. The van der Waals surface area contributed by atoms with E-state index in [9.17, 15) is 14.7 Å². The summed E-state index contributed by atoms with van der Waals surface area (Å²) in [5.74, 6) is -0.902. The number of H-pyrrole nitrogens is 1. The first-order valence-electron chi connectivity index (χ1n) is 7.37. The zero-order valence-electron chi connectivity index (χ0n) is 13.5. The van der Waals surface area contributed by atoms with Crippen molar-refractivity contribution < 1.29 is 9.90 Å². The van der Waals surface area contributed by atoms with Gasteiger partial charge in [0.15, 0.2) is 0 Å². The summed E-state index contributed by atoms with van der Waals surface area (Å²) in [7, 11) is 0. The van der Waals surface area contributed by atoms with Gasteiger partial charge in [0.1, 0.15) is 10.7 Å². The summed E-state index contributed by atoms with van der Waals surface area (Å²) in [6.45, 7) is 5.63. The van der Waals surface area contributed by atoms with Crippen LogP contribution in [0.25, 0.3) is 22.4 Å². The van der Waals surface area contributed by atoms with Crippen molar-refractivity contribution in [2.45, 2.75) is 20.8 Å².